The van der Waals surface area contributed by atoms with E-state index in [2.05, 4.69) is 6.92 Å². The highest BCUT2D eigenvalue weighted by atomic mass is 16.5. The van der Waals surface area contributed by atoms with Crippen molar-refractivity contribution in [3.8, 4) is 0 Å². The van der Waals surface area contributed by atoms with E-state index in [-0.39, 0.29) is 18.0 Å². The van der Waals surface area contributed by atoms with Crippen LogP contribution in [0.4, 0.5) is 0 Å². The minimum Gasteiger partial charge on any atom is -0.462 e. The maximum absolute atomic E-state index is 11.1. The van der Waals surface area contributed by atoms with Crippen LogP contribution in [0.15, 0.2) is 0 Å². The molecule has 0 radical (unpaired) electrons. The van der Waals surface area contributed by atoms with E-state index >= 15 is 0 Å². The van der Waals surface area contributed by atoms with Crippen molar-refractivity contribution in [2.24, 2.45) is 5.92 Å². The molecule has 1 aliphatic heterocycles. The maximum Gasteiger partial charge on any atom is 0.308 e. The lowest BCUT2D eigenvalue weighted by molar-refractivity contribution is -0.159. The van der Waals surface area contributed by atoms with Gasteiger partial charge in [-0.25, -0.2) is 0 Å². The summed E-state index contributed by atoms with van der Waals surface area (Å²) < 4.78 is 5.20. The first-order valence-corrected chi connectivity index (χ1v) is 4.44. The van der Waals surface area contributed by atoms with Gasteiger partial charge in [-0.15, -0.1) is 0 Å². The van der Waals surface area contributed by atoms with E-state index in [0.29, 0.717) is 0 Å². The summed E-state index contributed by atoms with van der Waals surface area (Å²) in [5.41, 5.74) is 0. The molecule has 11 heavy (non-hydrogen) atoms. The topological polar surface area (TPSA) is 26.3 Å². The third kappa shape index (κ3) is 2.21. The Labute approximate surface area is 67.9 Å². The molecule has 0 amide bonds. The Balaban J connectivity index is 2.34. The summed E-state index contributed by atoms with van der Waals surface area (Å²) in [6.07, 6.45) is 4.40. The van der Waals surface area contributed by atoms with Gasteiger partial charge in [-0.1, -0.05) is 20.3 Å². The van der Waals surface area contributed by atoms with E-state index in [1.807, 2.05) is 6.92 Å². The smallest absolute Gasteiger partial charge is 0.308 e. The SMILES string of the molecule is CCCC1CCC(C)C(=O)O1. The molecule has 1 fully saturated rings. The average Bonchev–Trinajstić information content (AvgIpc) is 1.98. The average molecular weight is 156 g/mol. The van der Waals surface area contributed by atoms with Gasteiger partial charge in [0, 0.05) is 0 Å². The van der Waals surface area contributed by atoms with Crippen LogP contribution in [0.2, 0.25) is 0 Å². The van der Waals surface area contributed by atoms with Gasteiger partial charge in [0.15, 0.2) is 0 Å². The molecule has 2 nitrogen and oxygen atoms in total. The molecule has 0 aromatic heterocycles. The summed E-state index contributed by atoms with van der Waals surface area (Å²) in [5.74, 6) is 0.123. The minimum atomic E-state index is -0.00491. The molecule has 0 aliphatic carbocycles. The molecule has 0 aromatic rings. The zero-order chi connectivity index (χ0) is 8.27. The van der Waals surface area contributed by atoms with Gasteiger partial charge in [0.1, 0.15) is 6.10 Å². The van der Waals surface area contributed by atoms with Gasteiger partial charge >= 0.3 is 5.97 Å². The molecule has 0 saturated carbocycles. The van der Waals surface area contributed by atoms with Gasteiger partial charge in [0.25, 0.3) is 0 Å². The maximum atomic E-state index is 11.1. The lowest BCUT2D eigenvalue weighted by Gasteiger charge is -2.25. The molecule has 1 heterocycles. The number of hydrogen-bond donors (Lipinski definition) is 0. The van der Waals surface area contributed by atoms with Crippen LogP contribution in [-0.4, -0.2) is 12.1 Å². The van der Waals surface area contributed by atoms with Crippen molar-refractivity contribution in [2.45, 2.75) is 45.6 Å². The highest BCUT2D eigenvalue weighted by molar-refractivity contribution is 5.72. The lowest BCUT2D eigenvalue weighted by atomic mass is 9.97. The van der Waals surface area contributed by atoms with Crippen LogP contribution in [-0.2, 0) is 9.53 Å². The van der Waals surface area contributed by atoms with Crippen LogP contribution in [0.5, 0.6) is 0 Å². The summed E-state index contributed by atoms with van der Waals surface area (Å²) >= 11 is 0. The standard InChI is InChI=1S/C9H16O2/c1-3-4-8-6-5-7(2)9(10)11-8/h7-8H,3-6H2,1-2H3. The number of carbonyl (C=O) groups excluding carboxylic acids is 1. The molecule has 0 aromatic carbocycles. The van der Waals surface area contributed by atoms with Gasteiger partial charge in [-0.05, 0) is 19.3 Å². The molecule has 1 aliphatic rings. The fourth-order valence-electron chi connectivity index (χ4n) is 1.42. The number of rotatable bonds is 2. The molecule has 0 spiro atoms. The minimum absolute atomic E-state index is 0.00491. The largest absolute Gasteiger partial charge is 0.462 e. The molecule has 2 atom stereocenters. The molecule has 1 saturated heterocycles. The second-order valence-electron chi connectivity index (χ2n) is 3.33. The summed E-state index contributed by atoms with van der Waals surface area (Å²) in [6, 6.07) is 0. The third-order valence-electron chi connectivity index (χ3n) is 2.22. The number of ether oxygens (including phenoxy) is 1. The van der Waals surface area contributed by atoms with Gasteiger partial charge in [0.2, 0.25) is 0 Å². The van der Waals surface area contributed by atoms with Gasteiger partial charge < -0.3 is 4.74 Å². The van der Waals surface area contributed by atoms with E-state index in [0.717, 1.165) is 25.7 Å². The van der Waals surface area contributed by atoms with Crippen molar-refractivity contribution < 1.29 is 9.53 Å². The lowest BCUT2D eigenvalue weighted by Crippen LogP contribution is -2.29. The Kier molecular flexibility index (Phi) is 2.92. The van der Waals surface area contributed by atoms with E-state index in [9.17, 15) is 4.79 Å². The van der Waals surface area contributed by atoms with Crippen molar-refractivity contribution in [1.29, 1.82) is 0 Å². The Hall–Kier alpha value is -0.530. The summed E-state index contributed by atoms with van der Waals surface area (Å²) in [4.78, 5) is 11.1. The van der Waals surface area contributed by atoms with Crippen LogP contribution in [0.3, 0.4) is 0 Å². The van der Waals surface area contributed by atoms with Crippen LogP contribution < -0.4 is 0 Å². The molecule has 2 heteroatoms. The van der Waals surface area contributed by atoms with E-state index < -0.39 is 0 Å². The molecular weight excluding hydrogens is 140 g/mol. The Morgan fingerprint density at radius 3 is 2.82 bits per heavy atom. The van der Waals surface area contributed by atoms with Crippen molar-refractivity contribution >= 4 is 5.97 Å². The first kappa shape index (κ1) is 8.57. The van der Waals surface area contributed by atoms with E-state index in [4.69, 9.17) is 4.74 Å². The fourth-order valence-corrected chi connectivity index (χ4v) is 1.42. The summed E-state index contributed by atoms with van der Waals surface area (Å²) in [7, 11) is 0. The van der Waals surface area contributed by atoms with Crippen molar-refractivity contribution in [3.05, 3.63) is 0 Å². The van der Waals surface area contributed by atoms with Gasteiger partial charge in [-0.3, -0.25) is 4.79 Å². The second-order valence-corrected chi connectivity index (χ2v) is 3.33. The molecule has 2 unspecified atom stereocenters. The molecule has 1 rings (SSSR count). The summed E-state index contributed by atoms with van der Waals surface area (Å²) in [5, 5.41) is 0. The van der Waals surface area contributed by atoms with Crippen LogP contribution >= 0.6 is 0 Å². The Morgan fingerprint density at radius 1 is 1.55 bits per heavy atom. The number of hydrogen-bond acceptors (Lipinski definition) is 2. The van der Waals surface area contributed by atoms with Crippen LogP contribution in [0.25, 0.3) is 0 Å². The fraction of sp³-hybridized carbons (Fsp3) is 0.889. The normalized spacial score (nSPS) is 31.6. The quantitative estimate of drug-likeness (QED) is 0.572. The van der Waals surface area contributed by atoms with Crippen molar-refractivity contribution in [3.63, 3.8) is 0 Å². The highest BCUT2D eigenvalue weighted by Crippen LogP contribution is 2.22. The predicted octanol–water partition coefficient (Wildman–Crippen LogP) is 2.13. The van der Waals surface area contributed by atoms with Crippen LogP contribution in [0.1, 0.15) is 39.5 Å². The van der Waals surface area contributed by atoms with Gasteiger partial charge in [0.05, 0.1) is 5.92 Å². The number of esters is 1. The van der Waals surface area contributed by atoms with Gasteiger partial charge in [-0.2, -0.15) is 0 Å². The third-order valence-corrected chi connectivity index (χ3v) is 2.22. The molecular formula is C9H16O2. The number of cyclic esters (lactones) is 1. The summed E-state index contributed by atoms with van der Waals surface area (Å²) in [6.45, 7) is 4.05. The predicted molar refractivity (Wildman–Crippen MR) is 43.2 cm³/mol. The van der Waals surface area contributed by atoms with Crippen molar-refractivity contribution in [2.75, 3.05) is 0 Å². The Morgan fingerprint density at radius 2 is 2.27 bits per heavy atom. The first-order valence-electron chi connectivity index (χ1n) is 4.44. The number of carbonyl (C=O) groups is 1. The van der Waals surface area contributed by atoms with Crippen LogP contribution in [0, 0.1) is 5.92 Å². The highest BCUT2D eigenvalue weighted by Gasteiger charge is 2.25. The Bertz CT molecular complexity index is 142. The van der Waals surface area contributed by atoms with Crippen molar-refractivity contribution in [1.82, 2.24) is 0 Å². The second kappa shape index (κ2) is 3.74. The zero-order valence-corrected chi connectivity index (χ0v) is 7.30. The first-order chi connectivity index (χ1) is 5.24. The van der Waals surface area contributed by atoms with E-state index in [1.54, 1.807) is 0 Å². The monoisotopic (exact) mass is 156 g/mol. The molecule has 0 bridgehead atoms. The molecule has 0 N–H and O–H groups in total. The zero-order valence-electron chi connectivity index (χ0n) is 7.30. The molecule has 64 valence electrons. The van der Waals surface area contributed by atoms with E-state index in [1.165, 1.54) is 0 Å².